The van der Waals surface area contributed by atoms with Gasteiger partial charge in [-0.1, -0.05) is 41.4 Å². The third-order valence-corrected chi connectivity index (χ3v) is 3.10. The molecule has 0 heterocycles. The summed E-state index contributed by atoms with van der Waals surface area (Å²) in [7, 11) is 0. The summed E-state index contributed by atoms with van der Waals surface area (Å²) in [4.78, 5) is 0. The molecular weight excluding hydrogens is 250 g/mol. The molecule has 1 N–H and O–H groups in total. The SMILES string of the molecule is CCCC(C)N[C@@H](C)c1cccc(Br)c1. The minimum Gasteiger partial charge on any atom is -0.308 e. The highest BCUT2D eigenvalue weighted by molar-refractivity contribution is 9.10. The Hall–Kier alpha value is -0.340. The lowest BCUT2D eigenvalue weighted by atomic mass is 10.1. The molecule has 0 saturated carbocycles. The molecule has 0 aliphatic heterocycles. The van der Waals surface area contributed by atoms with Gasteiger partial charge in [0.25, 0.3) is 0 Å². The van der Waals surface area contributed by atoms with Gasteiger partial charge in [0.05, 0.1) is 0 Å². The zero-order chi connectivity index (χ0) is 11.3. The Bertz CT molecular complexity index is 298. The molecule has 0 saturated heterocycles. The van der Waals surface area contributed by atoms with E-state index in [9.17, 15) is 0 Å². The van der Waals surface area contributed by atoms with Crippen LogP contribution in [0.2, 0.25) is 0 Å². The highest BCUT2D eigenvalue weighted by Gasteiger charge is 2.08. The first kappa shape index (κ1) is 12.7. The third-order valence-electron chi connectivity index (χ3n) is 2.60. The van der Waals surface area contributed by atoms with Gasteiger partial charge in [-0.25, -0.2) is 0 Å². The van der Waals surface area contributed by atoms with E-state index in [-0.39, 0.29) is 0 Å². The Morgan fingerprint density at radius 3 is 2.67 bits per heavy atom. The van der Waals surface area contributed by atoms with E-state index in [1.807, 2.05) is 0 Å². The molecule has 0 aliphatic rings. The molecule has 1 unspecified atom stereocenters. The summed E-state index contributed by atoms with van der Waals surface area (Å²) < 4.78 is 1.15. The van der Waals surface area contributed by atoms with Crippen LogP contribution in [0.5, 0.6) is 0 Å². The molecule has 0 bridgehead atoms. The first-order valence-corrected chi connectivity index (χ1v) is 6.44. The Labute approximate surface area is 101 Å². The van der Waals surface area contributed by atoms with Gasteiger partial charge in [0.1, 0.15) is 0 Å². The van der Waals surface area contributed by atoms with Crippen molar-refractivity contribution in [2.45, 2.75) is 45.7 Å². The molecule has 84 valence electrons. The molecule has 1 nitrogen and oxygen atoms in total. The van der Waals surface area contributed by atoms with Crippen molar-refractivity contribution >= 4 is 15.9 Å². The van der Waals surface area contributed by atoms with Crippen molar-refractivity contribution in [3.63, 3.8) is 0 Å². The van der Waals surface area contributed by atoms with Crippen molar-refractivity contribution in [2.24, 2.45) is 0 Å². The van der Waals surface area contributed by atoms with Crippen molar-refractivity contribution in [1.29, 1.82) is 0 Å². The van der Waals surface area contributed by atoms with Crippen LogP contribution >= 0.6 is 15.9 Å². The normalized spacial score (nSPS) is 14.9. The van der Waals surface area contributed by atoms with Crippen molar-refractivity contribution in [3.8, 4) is 0 Å². The summed E-state index contributed by atoms with van der Waals surface area (Å²) >= 11 is 3.50. The van der Waals surface area contributed by atoms with Gasteiger partial charge >= 0.3 is 0 Å². The van der Waals surface area contributed by atoms with Gasteiger partial charge in [-0.2, -0.15) is 0 Å². The molecular formula is C13H20BrN. The number of rotatable bonds is 5. The summed E-state index contributed by atoms with van der Waals surface area (Å²) in [5, 5.41) is 3.60. The summed E-state index contributed by atoms with van der Waals surface area (Å²) in [5.74, 6) is 0. The molecule has 15 heavy (non-hydrogen) atoms. The van der Waals surface area contributed by atoms with Crippen LogP contribution in [0, 0.1) is 0 Å². The van der Waals surface area contributed by atoms with Crippen LogP contribution in [-0.2, 0) is 0 Å². The van der Waals surface area contributed by atoms with Crippen LogP contribution in [0.4, 0.5) is 0 Å². The van der Waals surface area contributed by atoms with Crippen LogP contribution in [0.1, 0.15) is 45.2 Å². The van der Waals surface area contributed by atoms with E-state index in [4.69, 9.17) is 0 Å². The van der Waals surface area contributed by atoms with Crippen LogP contribution in [0.3, 0.4) is 0 Å². The lowest BCUT2D eigenvalue weighted by Gasteiger charge is -2.20. The maximum atomic E-state index is 3.60. The zero-order valence-electron chi connectivity index (χ0n) is 9.76. The Morgan fingerprint density at radius 2 is 2.07 bits per heavy atom. The van der Waals surface area contributed by atoms with Crippen molar-refractivity contribution in [3.05, 3.63) is 34.3 Å². The summed E-state index contributed by atoms with van der Waals surface area (Å²) in [6.45, 7) is 6.69. The first-order valence-electron chi connectivity index (χ1n) is 5.65. The average Bonchev–Trinajstić information content (AvgIpc) is 2.18. The maximum Gasteiger partial charge on any atom is 0.0294 e. The molecule has 0 aromatic heterocycles. The minimum absolute atomic E-state index is 0.420. The minimum atomic E-state index is 0.420. The fraction of sp³-hybridized carbons (Fsp3) is 0.538. The summed E-state index contributed by atoms with van der Waals surface area (Å²) in [5.41, 5.74) is 1.34. The fourth-order valence-corrected chi connectivity index (χ4v) is 2.23. The standard InChI is InChI=1S/C13H20BrN/c1-4-6-10(2)15-11(3)12-7-5-8-13(14)9-12/h5,7-11,15H,4,6H2,1-3H3/t10?,11-/m0/s1. The highest BCUT2D eigenvalue weighted by atomic mass is 79.9. The first-order chi connectivity index (χ1) is 7.13. The van der Waals surface area contributed by atoms with Crippen LogP contribution in [0.25, 0.3) is 0 Å². The second-order valence-corrected chi connectivity index (χ2v) is 5.05. The number of hydrogen-bond acceptors (Lipinski definition) is 1. The van der Waals surface area contributed by atoms with Crippen LogP contribution in [0.15, 0.2) is 28.7 Å². The number of benzene rings is 1. The molecule has 2 heteroatoms. The lowest BCUT2D eigenvalue weighted by Crippen LogP contribution is -2.28. The van der Waals surface area contributed by atoms with E-state index in [1.54, 1.807) is 0 Å². The molecule has 1 rings (SSSR count). The van der Waals surface area contributed by atoms with Gasteiger partial charge < -0.3 is 5.32 Å². The summed E-state index contributed by atoms with van der Waals surface area (Å²) in [6.07, 6.45) is 2.47. The lowest BCUT2D eigenvalue weighted by molar-refractivity contribution is 0.452. The zero-order valence-corrected chi connectivity index (χ0v) is 11.3. The fourth-order valence-electron chi connectivity index (χ4n) is 1.82. The predicted octanol–water partition coefficient (Wildman–Crippen LogP) is 4.29. The van der Waals surface area contributed by atoms with E-state index in [0.717, 1.165) is 4.47 Å². The van der Waals surface area contributed by atoms with Gasteiger partial charge in [0, 0.05) is 16.6 Å². The second kappa shape index (κ2) is 6.29. The largest absolute Gasteiger partial charge is 0.308 e. The van der Waals surface area contributed by atoms with E-state index < -0.39 is 0 Å². The highest BCUT2D eigenvalue weighted by Crippen LogP contribution is 2.18. The Morgan fingerprint density at radius 1 is 1.33 bits per heavy atom. The predicted molar refractivity (Wildman–Crippen MR) is 70.1 cm³/mol. The van der Waals surface area contributed by atoms with Gasteiger partial charge in [-0.3, -0.25) is 0 Å². The van der Waals surface area contributed by atoms with E-state index >= 15 is 0 Å². The molecule has 0 radical (unpaired) electrons. The number of nitrogens with one attached hydrogen (secondary N) is 1. The van der Waals surface area contributed by atoms with Gasteiger partial charge in [-0.05, 0) is 38.0 Å². The second-order valence-electron chi connectivity index (χ2n) is 4.13. The molecule has 1 aromatic rings. The molecule has 0 amide bonds. The van der Waals surface area contributed by atoms with Crippen LogP contribution < -0.4 is 5.32 Å². The van der Waals surface area contributed by atoms with E-state index in [2.05, 4.69) is 66.3 Å². The van der Waals surface area contributed by atoms with E-state index in [0.29, 0.717) is 12.1 Å². The van der Waals surface area contributed by atoms with Gasteiger partial charge in [0.2, 0.25) is 0 Å². The maximum absolute atomic E-state index is 3.60. The monoisotopic (exact) mass is 269 g/mol. The molecule has 1 aromatic carbocycles. The smallest absolute Gasteiger partial charge is 0.0294 e. The van der Waals surface area contributed by atoms with Crippen LogP contribution in [-0.4, -0.2) is 6.04 Å². The Kier molecular flexibility index (Phi) is 5.34. The third kappa shape index (κ3) is 4.35. The summed E-state index contributed by atoms with van der Waals surface area (Å²) in [6, 6.07) is 9.50. The molecule has 2 atom stereocenters. The van der Waals surface area contributed by atoms with Crippen molar-refractivity contribution < 1.29 is 0 Å². The average molecular weight is 270 g/mol. The van der Waals surface area contributed by atoms with E-state index in [1.165, 1.54) is 18.4 Å². The topological polar surface area (TPSA) is 12.0 Å². The molecule has 0 spiro atoms. The number of hydrogen-bond donors (Lipinski definition) is 1. The molecule has 0 aliphatic carbocycles. The van der Waals surface area contributed by atoms with Gasteiger partial charge in [-0.15, -0.1) is 0 Å². The van der Waals surface area contributed by atoms with Crippen molar-refractivity contribution in [2.75, 3.05) is 0 Å². The van der Waals surface area contributed by atoms with Crippen molar-refractivity contribution in [1.82, 2.24) is 5.32 Å². The quantitative estimate of drug-likeness (QED) is 0.841. The Balaban J connectivity index is 2.56. The molecule has 0 fully saturated rings. The van der Waals surface area contributed by atoms with Gasteiger partial charge in [0.15, 0.2) is 0 Å². The number of halogens is 1.